The molecule has 0 atom stereocenters. The molecular formula is C15H11ClFNOS. The molecule has 0 radical (unpaired) electrons. The van der Waals surface area contributed by atoms with Crippen molar-refractivity contribution in [2.75, 3.05) is 5.32 Å². The molecule has 0 spiro atoms. The van der Waals surface area contributed by atoms with E-state index in [0.29, 0.717) is 15.6 Å². The van der Waals surface area contributed by atoms with E-state index in [1.165, 1.54) is 0 Å². The molecule has 0 heterocycles. The van der Waals surface area contributed by atoms with Crippen molar-refractivity contribution < 1.29 is 9.18 Å². The van der Waals surface area contributed by atoms with Gasteiger partial charge in [-0.1, -0.05) is 53.7 Å². The fraction of sp³-hybridized carbons (Fsp3) is 0. The van der Waals surface area contributed by atoms with Gasteiger partial charge < -0.3 is 5.32 Å². The van der Waals surface area contributed by atoms with Gasteiger partial charge in [0.25, 0.3) is 5.91 Å². The fourth-order valence-electron chi connectivity index (χ4n) is 1.46. The summed E-state index contributed by atoms with van der Waals surface area (Å²) in [6.45, 7) is 0. The SMILES string of the molecule is O=C(C=C(F)Sc1ccccc1Cl)Nc1ccccc1. The van der Waals surface area contributed by atoms with Crippen LogP contribution in [0.15, 0.2) is 70.7 Å². The van der Waals surface area contributed by atoms with Gasteiger partial charge in [-0.3, -0.25) is 4.79 Å². The zero-order chi connectivity index (χ0) is 14.4. The average Bonchev–Trinajstić information content (AvgIpc) is 2.42. The Kier molecular flexibility index (Phi) is 5.21. The summed E-state index contributed by atoms with van der Waals surface area (Å²) in [6, 6.07) is 15.7. The normalized spacial score (nSPS) is 11.2. The first kappa shape index (κ1) is 14.6. The highest BCUT2D eigenvalue weighted by atomic mass is 35.5. The van der Waals surface area contributed by atoms with Crippen molar-refractivity contribution >= 4 is 35.0 Å². The maximum absolute atomic E-state index is 13.7. The van der Waals surface area contributed by atoms with Crippen LogP contribution in [0.2, 0.25) is 5.02 Å². The Bertz CT molecular complexity index is 631. The maximum Gasteiger partial charge on any atom is 0.251 e. The molecule has 2 rings (SSSR count). The van der Waals surface area contributed by atoms with E-state index in [4.69, 9.17) is 11.6 Å². The number of anilines is 1. The summed E-state index contributed by atoms with van der Waals surface area (Å²) in [4.78, 5) is 12.2. The van der Waals surface area contributed by atoms with Gasteiger partial charge in [-0.05, 0) is 24.3 Å². The molecular weight excluding hydrogens is 297 g/mol. The molecule has 1 N–H and O–H groups in total. The number of nitrogens with one attached hydrogen (secondary N) is 1. The lowest BCUT2D eigenvalue weighted by Crippen LogP contribution is -2.07. The topological polar surface area (TPSA) is 29.1 Å². The Morgan fingerprint density at radius 2 is 1.75 bits per heavy atom. The number of halogens is 2. The van der Waals surface area contributed by atoms with Crippen molar-refractivity contribution in [1.29, 1.82) is 0 Å². The van der Waals surface area contributed by atoms with Crippen LogP contribution in [0.5, 0.6) is 0 Å². The molecule has 0 bridgehead atoms. The molecule has 0 aliphatic heterocycles. The standard InChI is InChI=1S/C15H11ClFNOS/c16-12-8-4-5-9-13(12)20-14(17)10-15(19)18-11-6-2-1-3-7-11/h1-10H,(H,18,19). The van der Waals surface area contributed by atoms with Crippen molar-refractivity contribution in [2.45, 2.75) is 4.90 Å². The van der Waals surface area contributed by atoms with Gasteiger partial charge in [-0.2, -0.15) is 4.39 Å². The number of rotatable bonds is 4. The molecule has 0 unspecified atom stereocenters. The summed E-state index contributed by atoms with van der Waals surface area (Å²) in [5.41, 5.74) is 0.615. The number of hydrogen-bond acceptors (Lipinski definition) is 2. The van der Waals surface area contributed by atoms with Gasteiger partial charge in [0, 0.05) is 16.7 Å². The van der Waals surface area contributed by atoms with Crippen molar-refractivity contribution in [3.05, 3.63) is 70.9 Å². The van der Waals surface area contributed by atoms with Crippen LogP contribution in [-0.4, -0.2) is 5.91 Å². The molecule has 0 saturated heterocycles. The average molecular weight is 308 g/mol. The van der Waals surface area contributed by atoms with Crippen LogP contribution in [0.25, 0.3) is 0 Å². The minimum absolute atomic E-state index is 0.449. The van der Waals surface area contributed by atoms with E-state index in [1.807, 2.05) is 6.07 Å². The Balaban J connectivity index is 2.00. The largest absolute Gasteiger partial charge is 0.322 e. The molecule has 0 aliphatic rings. The molecule has 0 fully saturated rings. The van der Waals surface area contributed by atoms with Gasteiger partial charge in [-0.15, -0.1) is 0 Å². The first-order valence-corrected chi connectivity index (χ1v) is 7.00. The molecule has 2 nitrogen and oxygen atoms in total. The van der Waals surface area contributed by atoms with Gasteiger partial charge in [0.1, 0.15) is 0 Å². The van der Waals surface area contributed by atoms with Gasteiger partial charge in [-0.25, -0.2) is 0 Å². The van der Waals surface area contributed by atoms with Crippen LogP contribution >= 0.6 is 23.4 Å². The first-order chi connectivity index (χ1) is 9.65. The van der Waals surface area contributed by atoms with E-state index in [1.54, 1.807) is 48.5 Å². The Morgan fingerprint density at radius 3 is 2.45 bits per heavy atom. The molecule has 5 heteroatoms. The molecule has 0 saturated carbocycles. The van der Waals surface area contributed by atoms with E-state index >= 15 is 0 Å². The molecule has 1 amide bonds. The molecule has 2 aromatic rings. The zero-order valence-electron chi connectivity index (χ0n) is 10.3. The van der Waals surface area contributed by atoms with Crippen molar-refractivity contribution in [3.63, 3.8) is 0 Å². The number of carbonyl (C=O) groups is 1. The van der Waals surface area contributed by atoms with Crippen LogP contribution in [0.3, 0.4) is 0 Å². The number of amides is 1. The predicted molar refractivity (Wildman–Crippen MR) is 81.6 cm³/mol. The number of hydrogen-bond donors (Lipinski definition) is 1. The van der Waals surface area contributed by atoms with E-state index in [2.05, 4.69) is 5.32 Å². The highest BCUT2D eigenvalue weighted by molar-refractivity contribution is 8.03. The first-order valence-electron chi connectivity index (χ1n) is 5.81. The summed E-state index contributed by atoms with van der Waals surface area (Å²) in [5, 5.41) is 2.40. The van der Waals surface area contributed by atoms with Crippen LogP contribution in [0.1, 0.15) is 0 Å². The number of benzene rings is 2. The van der Waals surface area contributed by atoms with Gasteiger partial charge in [0.2, 0.25) is 0 Å². The molecule has 102 valence electrons. The quantitative estimate of drug-likeness (QED) is 0.644. The van der Waals surface area contributed by atoms with Gasteiger partial charge >= 0.3 is 0 Å². The van der Waals surface area contributed by atoms with Crippen molar-refractivity contribution in [1.82, 2.24) is 0 Å². The van der Waals surface area contributed by atoms with Crippen LogP contribution in [-0.2, 0) is 4.79 Å². The third-order valence-corrected chi connectivity index (χ3v) is 3.66. The van der Waals surface area contributed by atoms with E-state index in [0.717, 1.165) is 17.8 Å². The molecule has 0 aliphatic carbocycles. The third-order valence-electron chi connectivity index (χ3n) is 2.33. The van der Waals surface area contributed by atoms with Crippen molar-refractivity contribution in [3.8, 4) is 0 Å². The highest BCUT2D eigenvalue weighted by Gasteiger charge is 2.06. The number of para-hydroxylation sites is 1. The Labute approximate surface area is 125 Å². The van der Waals surface area contributed by atoms with E-state index < -0.39 is 11.1 Å². The molecule has 0 aromatic heterocycles. The summed E-state index contributed by atoms with van der Waals surface area (Å²) in [7, 11) is 0. The lowest BCUT2D eigenvalue weighted by molar-refractivity contribution is -0.112. The van der Waals surface area contributed by atoms with E-state index in [9.17, 15) is 9.18 Å². The maximum atomic E-state index is 13.7. The smallest absolute Gasteiger partial charge is 0.251 e. The Hall–Kier alpha value is -1.78. The Morgan fingerprint density at radius 1 is 1.10 bits per heavy atom. The monoisotopic (exact) mass is 307 g/mol. The van der Waals surface area contributed by atoms with Gasteiger partial charge in [0.05, 0.1) is 5.02 Å². The second-order valence-electron chi connectivity index (χ2n) is 3.84. The summed E-state index contributed by atoms with van der Waals surface area (Å²) in [6.07, 6.45) is 0.904. The molecule has 2 aromatic carbocycles. The summed E-state index contributed by atoms with van der Waals surface area (Å²) < 4.78 is 13.7. The van der Waals surface area contributed by atoms with E-state index in [-0.39, 0.29) is 0 Å². The predicted octanol–water partition coefficient (Wildman–Crippen LogP) is 4.88. The second-order valence-corrected chi connectivity index (χ2v) is 5.28. The van der Waals surface area contributed by atoms with Crippen molar-refractivity contribution in [2.24, 2.45) is 0 Å². The van der Waals surface area contributed by atoms with Crippen LogP contribution in [0.4, 0.5) is 10.1 Å². The summed E-state index contributed by atoms with van der Waals surface area (Å²) in [5.74, 6) is -0.520. The lowest BCUT2D eigenvalue weighted by atomic mass is 10.3. The fourth-order valence-corrected chi connectivity index (χ4v) is 2.40. The van der Waals surface area contributed by atoms with Gasteiger partial charge in [0.15, 0.2) is 5.16 Å². The zero-order valence-corrected chi connectivity index (χ0v) is 11.9. The lowest BCUT2D eigenvalue weighted by Gasteiger charge is -2.03. The second kappa shape index (κ2) is 7.12. The van der Waals surface area contributed by atoms with Crippen LogP contribution in [0, 0.1) is 0 Å². The third kappa shape index (κ3) is 4.40. The number of thioether (sulfide) groups is 1. The summed E-state index contributed by atoms with van der Waals surface area (Å²) >= 11 is 6.73. The van der Waals surface area contributed by atoms with Crippen LogP contribution < -0.4 is 5.32 Å². The highest BCUT2D eigenvalue weighted by Crippen LogP contribution is 2.32. The minimum Gasteiger partial charge on any atom is -0.322 e. The minimum atomic E-state index is -0.619. The number of carbonyl (C=O) groups excluding carboxylic acids is 1. The molecule has 20 heavy (non-hydrogen) atoms.